The minimum Gasteiger partial charge on any atom is -0.505 e. The lowest BCUT2D eigenvalue weighted by molar-refractivity contribution is 0.0953. The largest absolute Gasteiger partial charge is 0.505 e. The van der Waals surface area contributed by atoms with Gasteiger partial charge in [0.1, 0.15) is 0 Å². The van der Waals surface area contributed by atoms with Crippen molar-refractivity contribution in [3.8, 4) is 5.75 Å². The maximum Gasteiger partial charge on any atom is 0.251 e. The second kappa shape index (κ2) is 4.60. The molecule has 4 heteroatoms. The number of carbonyl (C=O) groups excluding carboxylic acids is 1. The van der Waals surface area contributed by atoms with Crippen LogP contribution in [0.25, 0.3) is 0 Å². The average Bonchev–Trinajstić information content (AvgIpc) is 2.18. The topological polar surface area (TPSA) is 49.3 Å². The minimum absolute atomic E-state index is 0.261. The summed E-state index contributed by atoms with van der Waals surface area (Å²) in [6.45, 7) is 2.50. The van der Waals surface area contributed by atoms with Crippen LogP contribution in [0.4, 0.5) is 4.39 Å². The lowest BCUT2D eigenvalue weighted by Crippen LogP contribution is -2.23. The summed E-state index contributed by atoms with van der Waals surface area (Å²) in [5.41, 5.74) is 0.261. The summed E-state index contributed by atoms with van der Waals surface area (Å²) >= 11 is 0. The Kier molecular flexibility index (Phi) is 3.45. The zero-order chi connectivity index (χ0) is 10.6. The van der Waals surface area contributed by atoms with Crippen molar-refractivity contribution < 1.29 is 14.3 Å². The monoisotopic (exact) mass is 197 g/mol. The van der Waals surface area contributed by atoms with E-state index < -0.39 is 11.6 Å². The molecule has 0 radical (unpaired) electrons. The Balaban J connectivity index is 2.76. The van der Waals surface area contributed by atoms with E-state index in [4.69, 9.17) is 5.11 Å². The molecule has 0 heterocycles. The Morgan fingerprint density at radius 1 is 1.57 bits per heavy atom. The molecular formula is C10H12FNO2. The molecule has 0 bridgehead atoms. The Morgan fingerprint density at radius 3 is 2.86 bits per heavy atom. The molecule has 1 aromatic rings. The molecule has 1 rings (SSSR count). The molecule has 0 atom stereocenters. The number of benzene rings is 1. The lowest BCUT2D eigenvalue weighted by Gasteiger charge is -2.03. The molecule has 0 fully saturated rings. The molecule has 2 N–H and O–H groups in total. The number of phenols is 1. The van der Waals surface area contributed by atoms with E-state index in [1.54, 1.807) is 0 Å². The fourth-order valence-electron chi connectivity index (χ4n) is 0.995. The number of nitrogens with one attached hydrogen (secondary N) is 1. The van der Waals surface area contributed by atoms with Gasteiger partial charge in [-0.05, 0) is 24.6 Å². The van der Waals surface area contributed by atoms with Gasteiger partial charge in [-0.2, -0.15) is 0 Å². The second-order valence-corrected chi connectivity index (χ2v) is 2.92. The summed E-state index contributed by atoms with van der Waals surface area (Å²) in [4.78, 5) is 11.3. The van der Waals surface area contributed by atoms with Crippen molar-refractivity contribution in [2.75, 3.05) is 6.54 Å². The molecule has 1 amide bonds. The van der Waals surface area contributed by atoms with Gasteiger partial charge in [0.15, 0.2) is 11.6 Å². The number of rotatable bonds is 3. The average molecular weight is 197 g/mol. The fourth-order valence-corrected chi connectivity index (χ4v) is 0.995. The van der Waals surface area contributed by atoms with Crippen LogP contribution in [0.3, 0.4) is 0 Å². The van der Waals surface area contributed by atoms with Crippen LogP contribution >= 0.6 is 0 Å². The van der Waals surface area contributed by atoms with Gasteiger partial charge in [0.25, 0.3) is 5.91 Å². The molecule has 0 aliphatic rings. The maximum atomic E-state index is 12.6. The van der Waals surface area contributed by atoms with Crippen molar-refractivity contribution in [2.24, 2.45) is 0 Å². The summed E-state index contributed by atoms with van der Waals surface area (Å²) in [6.07, 6.45) is 0.832. The Bertz CT molecular complexity index is 339. The zero-order valence-electron chi connectivity index (χ0n) is 7.88. The quantitative estimate of drug-likeness (QED) is 0.774. The van der Waals surface area contributed by atoms with E-state index in [1.165, 1.54) is 6.07 Å². The van der Waals surface area contributed by atoms with E-state index in [1.807, 2.05) is 6.92 Å². The van der Waals surface area contributed by atoms with Gasteiger partial charge in [0.05, 0.1) is 0 Å². The summed E-state index contributed by atoms with van der Waals surface area (Å²) in [5.74, 6) is -1.53. The first-order valence-corrected chi connectivity index (χ1v) is 4.42. The van der Waals surface area contributed by atoms with Crippen molar-refractivity contribution in [1.29, 1.82) is 0 Å². The molecule has 0 saturated heterocycles. The lowest BCUT2D eigenvalue weighted by atomic mass is 10.2. The first-order valence-electron chi connectivity index (χ1n) is 4.42. The summed E-state index contributed by atoms with van der Waals surface area (Å²) in [7, 11) is 0. The third-order valence-corrected chi connectivity index (χ3v) is 1.74. The Morgan fingerprint density at radius 2 is 2.29 bits per heavy atom. The van der Waals surface area contributed by atoms with Crippen molar-refractivity contribution in [3.05, 3.63) is 29.6 Å². The molecule has 0 aliphatic heterocycles. The molecule has 0 unspecified atom stereocenters. The molecule has 76 valence electrons. The number of hydrogen-bond acceptors (Lipinski definition) is 2. The third-order valence-electron chi connectivity index (χ3n) is 1.74. The maximum absolute atomic E-state index is 12.6. The zero-order valence-corrected chi connectivity index (χ0v) is 7.88. The normalized spacial score (nSPS) is 9.86. The number of hydrogen-bond donors (Lipinski definition) is 2. The minimum atomic E-state index is -0.725. The summed E-state index contributed by atoms with van der Waals surface area (Å²) in [5, 5.41) is 11.6. The van der Waals surface area contributed by atoms with E-state index in [9.17, 15) is 9.18 Å². The number of carbonyl (C=O) groups is 1. The highest BCUT2D eigenvalue weighted by Crippen LogP contribution is 2.16. The van der Waals surface area contributed by atoms with E-state index in [2.05, 4.69) is 5.32 Å². The first kappa shape index (κ1) is 10.5. The smallest absolute Gasteiger partial charge is 0.251 e. The fraction of sp³-hybridized carbons (Fsp3) is 0.300. The number of phenolic OH excluding ortho intramolecular Hbond substituents is 1. The van der Waals surface area contributed by atoms with Crippen molar-refractivity contribution in [3.63, 3.8) is 0 Å². The van der Waals surface area contributed by atoms with Crippen LogP contribution in [0, 0.1) is 5.82 Å². The second-order valence-electron chi connectivity index (χ2n) is 2.92. The summed E-state index contributed by atoms with van der Waals surface area (Å²) in [6, 6.07) is 3.51. The molecule has 0 aliphatic carbocycles. The van der Waals surface area contributed by atoms with Gasteiger partial charge in [-0.25, -0.2) is 4.39 Å². The van der Waals surface area contributed by atoms with Crippen LogP contribution in [0.5, 0.6) is 5.75 Å². The highest BCUT2D eigenvalue weighted by atomic mass is 19.1. The summed E-state index contributed by atoms with van der Waals surface area (Å²) < 4.78 is 12.6. The molecular weight excluding hydrogens is 185 g/mol. The van der Waals surface area contributed by atoms with Crippen LogP contribution < -0.4 is 5.32 Å². The Labute approximate surface area is 81.6 Å². The van der Waals surface area contributed by atoms with E-state index in [0.717, 1.165) is 18.6 Å². The van der Waals surface area contributed by atoms with Crippen LogP contribution in [-0.2, 0) is 0 Å². The highest BCUT2D eigenvalue weighted by Gasteiger charge is 2.07. The molecule has 0 saturated carbocycles. The van der Waals surface area contributed by atoms with E-state index >= 15 is 0 Å². The SMILES string of the molecule is CCCNC(=O)c1ccc(F)c(O)c1. The van der Waals surface area contributed by atoms with Crippen LogP contribution in [0.1, 0.15) is 23.7 Å². The van der Waals surface area contributed by atoms with Crippen LogP contribution in [0.15, 0.2) is 18.2 Å². The van der Waals surface area contributed by atoms with Crippen molar-refractivity contribution >= 4 is 5.91 Å². The highest BCUT2D eigenvalue weighted by molar-refractivity contribution is 5.94. The molecule has 3 nitrogen and oxygen atoms in total. The van der Waals surface area contributed by atoms with Gasteiger partial charge in [0, 0.05) is 12.1 Å². The molecule has 0 spiro atoms. The van der Waals surface area contributed by atoms with Gasteiger partial charge in [-0.1, -0.05) is 6.92 Å². The van der Waals surface area contributed by atoms with Crippen molar-refractivity contribution in [1.82, 2.24) is 5.32 Å². The molecule has 0 aromatic heterocycles. The Hall–Kier alpha value is -1.58. The predicted molar refractivity (Wildman–Crippen MR) is 50.7 cm³/mol. The number of halogens is 1. The first-order chi connectivity index (χ1) is 6.65. The standard InChI is InChI=1S/C10H12FNO2/c1-2-5-12-10(14)7-3-4-8(11)9(13)6-7/h3-4,6,13H,2,5H2,1H3,(H,12,14). The van der Waals surface area contributed by atoms with Crippen LogP contribution in [0.2, 0.25) is 0 Å². The van der Waals surface area contributed by atoms with Crippen LogP contribution in [-0.4, -0.2) is 17.6 Å². The predicted octanol–water partition coefficient (Wildman–Crippen LogP) is 1.67. The van der Waals surface area contributed by atoms with E-state index in [-0.39, 0.29) is 11.5 Å². The van der Waals surface area contributed by atoms with Gasteiger partial charge in [-0.15, -0.1) is 0 Å². The van der Waals surface area contributed by atoms with Gasteiger partial charge in [0.2, 0.25) is 0 Å². The number of amides is 1. The van der Waals surface area contributed by atoms with E-state index in [0.29, 0.717) is 6.54 Å². The van der Waals surface area contributed by atoms with Gasteiger partial charge < -0.3 is 10.4 Å². The van der Waals surface area contributed by atoms with Crippen molar-refractivity contribution in [2.45, 2.75) is 13.3 Å². The third kappa shape index (κ3) is 2.45. The van der Waals surface area contributed by atoms with Gasteiger partial charge in [-0.3, -0.25) is 4.79 Å². The molecule has 1 aromatic carbocycles. The molecule has 14 heavy (non-hydrogen) atoms. The number of aromatic hydroxyl groups is 1. The van der Waals surface area contributed by atoms with Gasteiger partial charge >= 0.3 is 0 Å².